The minimum atomic E-state index is -0.329. The van der Waals surface area contributed by atoms with E-state index in [-0.39, 0.29) is 17.7 Å². The lowest BCUT2D eigenvalue weighted by Crippen LogP contribution is -2.25. The van der Waals surface area contributed by atoms with Crippen molar-refractivity contribution in [1.82, 2.24) is 0 Å². The average Bonchev–Trinajstić information content (AvgIpc) is 2.48. The van der Waals surface area contributed by atoms with Gasteiger partial charge in [0, 0.05) is 12.0 Å². The van der Waals surface area contributed by atoms with Crippen LogP contribution in [-0.2, 0) is 17.8 Å². The Morgan fingerprint density at radius 1 is 1.10 bits per heavy atom. The zero-order chi connectivity index (χ0) is 13.9. The number of ether oxygens (including phenoxy) is 1. The molecule has 0 saturated heterocycles. The maximum Gasteiger partial charge on any atom is 0.165 e. The molecule has 0 amide bonds. The van der Waals surface area contributed by atoms with Crippen molar-refractivity contribution < 1.29 is 13.9 Å². The number of halogens is 1. The van der Waals surface area contributed by atoms with Gasteiger partial charge in [0.1, 0.15) is 5.82 Å². The van der Waals surface area contributed by atoms with Gasteiger partial charge in [0.05, 0.1) is 12.7 Å². The molecule has 0 spiro atoms. The fraction of sp³-hybridized carbons (Fsp3) is 0.235. The number of Topliss-reactive ketones (excluding diaryl/α,β-unsaturated/α-hetero) is 1. The Balaban J connectivity index is 1.67. The normalized spacial score (nSPS) is 17.6. The molecule has 0 bridgehead atoms. The molecule has 2 aromatic carbocycles. The summed E-state index contributed by atoms with van der Waals surface area (Å²) in [6.07, 6.45) is 0.991. The van der Waals surface area contributed by atoms with E-state index in [2.05, 4.69) is 6.07 Å². The number of benzene rings is 2. The number of hydrogen-bond acceptors (Lipinski definition) is 2. The minimum Gasteiger partial charge on any atom is -0.373 e. The van der Waals surface area contributed by atoms with Crippen molar-refractivity contribution in [3.63, 3.8) is 0 Å². The fourth-order valence-electron chi connectivity index (χ4n) is 2.50. The largest absolute Gasteiger partial charge is 0.373 e. The Bertz CT molecular complexity index is 619. The van der Waals surface area contributed by atoms with Gasteiger partial charge in [-0.1, -0.05) is 24.3 Å². The maximum atomic E-state index is 12.8. The van der Waals surface area contributed by atoms with Gasteiger partial charge in [-0.05, 0) is 41.8 Å². The van der Waals surface area contributed by atoms with Crippen LogP contribution < -0.4 is 0 Å². The summed E-state index contributed by atoms with van der Waals surface area (Å²) in [4.78, 5) is 12.1. The highest BCUT2D eigenvalue weighted by molar-refractivity contribution is 5.96. The summed E-state index contributed by atoms with van der Waals surface area (Å²) in [6, 6.07) is 13.8. The monoisotopic (exact) mass is 270 g/mol. The summed E-state index contributed by atoms with van der Waals surface area (Å²) in [6.45, 7) is 0.553. The van der Waals surface area contributed by atoms with Crippen molar-refractivity contribution in [1.29, 1.82) is 0 Å². The summed E-state index contributed by atoms with van der Waals surface area (Å²) in [5, 5.41) is 0. The molecule has 20 heavy (non-hydrogen) atoms. The molecule has 0 fully saturated rings. The van der Waals surface area contributed by atoms with Crippen LogP contribution in [0.4, 0.5) is 4.39 Å². The van der Waals surface area contributed by atoms with E-state index in [1.165, 1.54) is 35.4 Å². The molecule has 3 rings (SSSR count). The van der Waals surface area contributed by atoms with E-state index < -0.39 is 0 Å². The summed E-state index contributed by atoms with van der Waals surface area (Å²) in [5.41, 5.74) is 2.97. The Labute approximate surface area is 117 Å². The third-order valence-electron chi connectivity index (χ3n) is 3.62. The van der Waals surface area contributed by atoms with Crippen LogP contribution in [0.2, 0.25) is 0 Å². The van der Waals surface area contributed by atoms with E-state index in [1.807, 2.05) is 18.2 Å². The van der Waals surface area contributed by atoms with Gasteiger partial charge in [0.15, 0.2) is 5.78 Å². The van der Waals surface area contributed by atoms with E-state index in [0.717, 1.165) is 6.42 Å². The molecule has 102 valence electrons. The van der Waals surface area contributed by atoms with Gasteiger partial charge in [-0.2, -0.15) is 0 Å². The highest BCUT2D eigenvalue weighted by atomic mass is 19.1. The summed E-state index contributed by atoms with van der Waals surface area (Å²) >= 11 is 0. The van der Waals surface area contributed by atoms with Crippen LogP contribution in [0.1, 0.15) is 27.9 Å². The maximum absolute atomic E-state index is 12.8. The van der Waals surface area contributed by atoms with E-state index in [4.69, 9.17) is 4.74 Å². The van der Waals surface area contributed by atoms with Crippen LogP contribution in [-0.4, -0.2) is 11.9 Å². The van der Waals surface area contributed by atoms with Crippen LogP contribution in [0, 0.1) is 5.82 Å². The van der Waals surface area contributed by atoms with Gasteiger partial charge in [-0.3, -0.25) is 4.79 Å². The first kappa shape index (κ1) is 13.0. The fourth-order valence-corrected chi connectivity index (χ4v) is 2.50. The SMILES string of the molecule is O=C(C[C@@H]1Cc2ccccc2CO1)c1ccc(F)cc1. The number of hydrogen-bond donors (Lipinski definition) is 0. The molecule has 1 atom stereocenters. The lowest BCUT2D eigenvalue weighted by Gasteiger charge is -2.24. The van der Waals surface area contributed by atoms with Crippen molar-refractivity contribution in [2.24, 2.45) is 0 Å². The summed E-state index contributed by atoms with van der Waals surface area (Å²) < 4.78 is 18.6. The first-order valence-electron chi connectivity index (χ1n) is 6.69. The molecule has 0 radical (unpaired) electrons. The van der Waals surface area contributed by atoms with Gasteiger partial charge in [0.2, 0.25) is 0 Å². The second-order valence-corrected chi connectivity index (χ2v) is 5.04. The zero-order valence-corrected chi connectivity index (χ0v) is 11.0. The van der Waals surface area contributed by atoms with Crippen molar-refractivity contribution >= 4 is 5.78 Å². The predicted octanol–water partition coefficient (Wildman–Crippen LogP) is 3.54. The second-order valence-electron chi connectivity index (χ2n) is 5.04. The first-order chi connectivity index (χ1) is 9.72. The van der Waals surface area contributed by atoms with Gasteiger partial charge < -0.3 is 4.74 Å². The van der Waals surface area contributed by atoms with Crippen LogP contribution in [0.5, 0.6) is 0 Å². The molecule has 0 N–H and O–H groups in total. The van der Waals surface area contributed by atoms with Crippen LogP contribution in [0.3, 0.4) is 0 Å². The summed E-state index contributed by atoms with van der Waals surface area (Å²) in [7, 11) is 0. The Morgan fingerprint density at radius 3 is 2.55 bits per heavy atom. The first-order valence-corrected chi connectivity index (χ1v) is 6.69. The molecular formula is C17H15FO2. The van der Waals surface area contributed by atoms with E-state index in [0.29, 0.717) is 18.6 Å². The second kappa shape index (κ2) is 5.55. The topological polar surface area (TPSA) is 26.3 Å². The predicted molar refractivity (Wildman–Crippen MR) is 74.1 cm³/mol. The molecule has 1 heterocycles. The highest BCUT2D eigenvalue weighted by Gasteiger charge is 2.21. The molecule has 0 saturated carbocycles. The molecule has 1 aliphatic rings. The van der Waals surface area contributed by atoms with E-state index in [9.17, 15) is 9.18 Å². The molecule has 0 aliphatic carbocycles. The number of ketones is 1. The average molecular weight is 270 g/mol. The number of fused-ring (bicyclic) bond motifs is 1. The Morgan fingerprint density at radius 2 is 1.80 bits per heavy atom. The molecule has 2 aromatic rings. The van der Waals surface area contributed by atoms with Crippen molar-refractivity contribution in [3.05, 3.63) is 71.0 Å². The number of rotatable bonds is 3. The van der Waals surface area contributed by atoms with Gasteiger partial charge >= 0.3 is 0 Å². The van der Waals surface area contributed by atoms with Gasteiger partial charge in [0.25, 0.3) is 0 Å². The highest BCUT2D eigenvalue weighted by Crippen LogP contribution is 2.23. The molecular weight excluding hydrogens is 255 g/mol. The Kier molecular flexibility index (Phi) is 3.61. The number of carbonyl (C=O) groups is 1. The standard InChI is InChI=1S/C17H15FO2/c18-15-7-5-12(6-8-15)17(19)10-16-9-13-3-1-2-4-14(13)11-20-16/h1-8,16H,9-11H2/t16-/m0/s1. The molecule has 0 aromatic heterocycles. The molecule has 0 unspecified atom stereocenters. The lowest BCUT2D eigenvalue weighted by molar-refractivity contribution is 0.0237. The summed E-state index contributed by atoms with van der Waals surface area (Å²) in [5.74, 6) is -0.334. The van der Waals surface area contributed by atoms with E-state index >= 15 is 0 Å². The quantitative estimate of drug-likeness (QED) is 0.797. The molecule has 1 aliphatic heterocycles. The van der Waals surface area contributed by atoms with Gasteiger partial charge in [-0.15, -0.1) is 0 Å². The van der Waals surface area contributed by atoms with Crippen molar-refractivity contribution in [3.8, 4) is 0 Å². The van der Waals surface area contributed by atoms with Gasteiger partial charge in [-0.25, -0.2) is 4.39 Å². The Hall–Kier alpha value is -2.00. The third kappa shape index (κ3) is 2.78. The van der Waals surface area contributed by atoms with Crippen molar-refractivity contribution in [2.75, 3.05) is 0 Å². The number of carbonyl (C=O) groups excluding carboxylic acids is 1. The van der Waals surface area contributed by atoms with Crippen LogP contribution in [0.25, 0.3) is 0 Å². The molecule has 2 nitrogen and oxygen atoms in total. The van der Waals surface area contributed by atoms with E-state index in [1.54, 1.807) is 0 Å². The lowest BCUT2D eigenvalue weighted by atomic mass is 9.95. The zero-order valence-electron chi connectivity index (χ0n) is 11.0. The van der Waals surface area contributed by atoms with Crippen molar-refractivity contribution in [2.45, 2.75) is 25.6 Å². The molecule has 3 heteroatoms. The van der Waals surface area contributed by atoms with Crippen LogP contribution >= 0.6 is 0 Å². The smallest absolute Gasteiger partial charge is 0.165 e. The van der Waals surface area contributed by atoms with Crippen LogP contribution in [0.15, 0.2) is 48.5 Å². The minimum absolute atomic E-state index is 0.00520. The third-order valence-corrected chi connectivity index (χ3v) is 3.62.